The fourth-order valence-corrected chi connectivity index (χ4v) is 3.94. The summed E-state index contributed by atoms with van der Waals surface area (Å²) in [5, 5.41) is 0. The Morgan fingerprint density at radius 3 is 2.04 bits per heavy atom. The molecule has 0 aromatic heterocycles. The van der Waals surface area contributed by atoms with Crippen molar-refractivity contribution < 1.29 is 19.1 Å². The first kappa shape index (κ1) is 18.9. The maximum Gasteiger partial charge on any atom is 0.313 e. The third-order valence-electron chi connectivity index (χ3n) is 5.57. The van der Waals surface area contributed by atoms with E-state index in [1.54, 1.807) is 0 Å². The lowest BCUT2D eigenvalue weighted by molar-refractivity contribution is -0.158. The van der Waals surface area contributed by atoms with Crippen LogP contribution in [0.3, 0.4) is 0 Å². The standard InChI is InChI=1S/C22H30O4/c23-21(25-15-17-9-3-1-4-10-17)19-13-7-8-14-20(19)22(24)26-16-18-11-5-2-6-12-18/h7,9,11,13,19-20H,1-6,8,10,12,14-16H2. The van der Waals surface area contributed by atoms with Crippen LogP contribution in [-0.2, 0) is 19.1 Å². The van der Waals surface area contributed by atoms with Gasteiger partial charge >= 0.3 is 11.9 Å². The molecule has 142 valence electrons. The van der Waals surface area contributed by atoms with Crippen LogP contribution in [0.1, 0.15) is 64.2 Å². The number of ether oxygens (including phenoxy) is 2. The van der Waals surface area contributed by atoms with E-state index < -0.39 is 11.8 Å². The lowest BCUT2D eigenvalue weighted by Gasteiger charge is -2.25. The molecule has 0 saturated heterocycles. The lowest BCUT2D eigenvalue weighted by Crippen LogP contribution is -2.33. The molecule has 0 aromatic rings. The molecule has 0 aliphatic heterocycles. The molecule has 4 nitrogen and oxygen atoms in total. The minimum atomic E-state index is -0.513. The molecule has 0 saturated carbocycles. The fourth-order valence-electron chi connectivity index (χ4n) is 3.94. The smallest absolute Gasteiger partial charge is 0.313 e. The molecular weight excluding hydrogens is 328 g/mol. The Hall–Kier alpha value is -1.84. The van der Waals surface area contributed by atoms with Gasteiger partial charge in [-0.05, 0) is 75.4 Å². The van der Waals surface area contributed by atoms with Gasteiger partial charge in [0.05, 0.1) is 11.8 Å². The molecule has 0 fully saturated rings. The summed E-state index contributed by atoms with van der Waals surface area (Å²) >= 11 is 0. The highest BCUT2D eigenvalue weighted by atomic mass is 16.5. The van der Waals surface area contributed by atoms with Gasteiger partial charge in [0.1, 0.15) is 13.2 Å². The zero-order valence-electron chi connectivity index (χ0n) is 15.6. The van der Waals surface area contributed by atoms with Crippen LogP contribution in [0.15, 0.2) is 35.5 Å². The molecule has 0 spiro atoms. The second-order valence-corrected chi connectivity index (χ2v) is 7.57. The summed E-state index contributed by atoms with van der Waals surface area (Å²) in [6.07, 6.45) is 18.5. The number of hydrogen-bond donors (Lipinski definition) is 0. The highest BCUT2D eigenvalue weighted by Crippen LogP contribution is 2.28. The van der Waals surface area contributed by atoms with Crippen molar-refractivity contribution >= 4 is 11.9 Å². The molecule has 0 heterocycles. The summed E-state index contributed by atoms with van der Waals surface area (Å²) in [7, 11) is 0. The van der Waals surface area contributed by atoms with Gasteiger partial charge in [0, 0.05) is 0 Å². The Labute approximate surface area is 156 Å². The SMILES string of the molecule is O=C(OCC1=CCCCC1)C1C=CCCC1C(=O)OCC1=CCCCC1. The number of esters is 2. The summed E-state index contributed by atoms with van der Waals surface area (Å²) in [5.41, 5.74) is 2.41. The molecular formula is C22H30O4. The van der Waals surface area contributed by atoms with E-state index in [1.165, 1.54) is 30.4 Å². The third-order valence-corrected chi connectivity index (χ3v) is 5.57. The van der Waals surface area contributed by atoms with E-state index in [-0.39, 0.29) is 11.9 Å². The minimum absolute atomic E-state index is 0.264. The Morgan fingerprint density at radius 2 is 1.46 bits per heavy atom. The van der Waals surface area contributed by atoms with E-state index in [0.29, 0.717) is 19.6 Å². The van der Waals surface area contributed by atoms with Crippen molar-refractivity contribution in [2.75, 3.05) is 13.2 Å². The maximum absolute atomic E-state index is 12.6. The van der Waals surface area contributed by atoms with Gasteiger partial charge in [0.25, 0.3) is 0 Å². The zero-order chi connectivity index (χ0) is 18.2. The highest BCUT2D eigenvalue weighted by molar-refractivity contribution is 5.84. The molecule has 0 amide bonds. The van der Waals surface area contributed by atoms with Crippen LogP contribution in [0.5, 0.6) is 0 Å². The number of rotatable bonds is 6. The van der Waals surface area contributed by atoms with E-state index in [1.807, 2.05) is 12.2 Å². The highest BCUT2D eigenvalue weighted by Gasteiger charge is 2.35. The molecule has 4 heteroatoms. The van der Waals surface area contributed by atoms with Gasteiger partial charge in [-0.25, -0.2) is 0 Å². The van der Waals surface area contributed by atoms with Crippen LogP contribution < -0.4 is 0 Å². The first-order valence-corrected chi connectivity index (χ1v) is 10.1. The van der Waals surface area contributed by atoms with Crippen molar-refractivity contribution in [3.05, 3.63) is 35.5 Å². The van der Waals surface area contributed by atoms with Gasteiger partial charge in [-0.1, -0.05) is 24.3 Å². The molecule has 2 unspecified atom stereocenters. The predicted molar refractivity (Wildman–Crippen MR) is 100 cm³/mol. The monoisotopic (exact) mass is 358 g/mol. The third kappa shape index (κ3) is 5.33. The second kappa shape index (κ2) is 9.75. The zero-order valence-corrected chi connectivity index (χ0v) is 15.6. The molecule has 0 bridgehead atoms. The molecule has 0 N–H and O–H groups in total. The van der Waals surface area contributed by atoms with Gasteiger partial charge < -0.3 is 9.47 Å². The summed E-state index contributed by atoms with van der Waals surface area (Å²) in [5.74, 6) is -1.50. The molecule has 26 heavy (non-hydrogen) atoms. The van der Waals surface area contributed by atoms with Crippen molar-refractivity contribution in [2.45, 2.75) is 64.2 Å². The van der Waals surface area contributed by atoms with Gasteiger partial charge in [0.15, 0.2) is 0 Å². The molecule has 0 aromatic carbocycles. The van der Waals surface area contributed by atoms with Crippen molar-refractivity contribution in [2.24, 2.45) is 11.8 Å². The quantitative estimate of drug-likeness (QED) is 0.512. The Bertz CT molecular complexity index is 599. The number of carbonyl (C=O) groups excluding carboxylic acids is 2. The first-order valence-electron chi connectivity index (χ1n) is 10.1. The summed E-state index contributed by atoms with van der Waals surface area (Å²) in [6, 6.07) is 0. The minimum Gasteiger partial charge on any atom is -0.461 e. The van der Waals surface area contributed by atoms with Crippen LogP contribution >= 0.6 is 0 Å². The van der Waals surface area contributed by atoms with Crippen molar-refractivity contribution in [1.82, 2.24) is 0 Å². The normalized spacial score (nSPS) is 25.8. The maximum atomic E-state index is 12.6. The van der Waals surface area contributed by atoms with E-state index in [9.17, 15) is 9.59 Å². The van der Waals surface area contributed by atoms with E-state index in [2.05, 4.69) is 12.2 Å². The molecule has 2 atom stereocenters. The Morgan fingerprint density at radius 1 is 0.846 bits per heavy atom. The molecule has 3 rings (SSSR count). The van der Waals surface area contributed by atoms with Crippen LogP contribution in [-0.4, -0.2) is 25.2 Å². The van der Waals surface area contributed by atoms with E-state index in [4.69, 9.17) is 9.47 Å². The van der Waals surface area contributed by atoms with Crippen LogP contribution in [0, 0.1) is 11.8 Å². The predicted octanol–water partition coefficient (Wildman–Crippen LogP) is 4.66. The van der Waals surface area contributed by atoms with Crippen molar-refractivity contribution in [3.8, 4) is 0 Å². The average molecular weight is 358 g/mol. The largest absolute Gasteiger partial charge is 0.461 e. The van der Waals surface area contributed by atoms with Crippen molar-refractivity contribution in [3.63, 3.8) is 0 Å². The Kier molecular flexibility index (Phi) is 7.10. The number of hydrogen-bond acceptors (Lipinski definition) is 4. The first-order chi connectivity index (χ1) is 12.7. The summed E-state index contributed by atoms with van der Waals surface area (Å²) in [4.78, 5) is 25.1. The Balaban J connectivity index is 1.52. The van der Waals surface area contributed by atoms with Gasteiger partial charge in [-0.15, -0.1) is 0 Å². The van der Waals surface area contributed by atoms with Gasteiger partial charge in [0.2, 0.25) is 0 Å². The topological polar surface area (TPSA) is 52.6 Å². The fraction of sp³-hybridized carbons (Fsp3) is 0.636. The lowest BCUT2D eigenvalue weighted by atomic mass is 9.84. The van der Waals surface area contributed by atoms with Crippen LogP contribution in [0.4, 0.5) is 0 Å². The van der Waals surface area contributed by atoms with E-state index in [0.717, 1.165) is 38.5 Å². The summed E-state index contributed by atoms with van der Waals surface area (Å²) in [6.45, 7) is 0.728. The summed E-state index contributed by atoms with van der Waals surface area (Å²) < 4.78 is 11.1. The van der Waals surface area contributed by atoms with E-state index >= 15 is 0 Å². The second-order valence-electron chi connectivity index (χ2n) is 7.57. The number of carbonyl (C=O) groups is 2. The van der Waals surface area contributed by atoms with Gasteiger partial charge in [-0.2, -0.15) is 0 Å². The molecule has 0 radical (unpaired) electrons. The van der Waals surface area contributed by atoms with Crippen LogP contribution in [0.2, 0.25) is 0 Å². The van der Waals surface area contributed by atoms with Crippen LogP contribution in [0.25, 0.3) is 0 Å². The van der Waals surface area contributed by atoms with Crippen molar-refractivity contribution in [1.29, 1.82) is 0 Å². The molecule has 3 aliphatic carbocycles. The molecule has 3 aliphatic rings. The van der Waals surface area contributed by atoms with Gasteiger partial charge in [-0.3, -0.25) is 9.59 Å². The number of allylic oxidation sites excluding steroid dienone is 3. The average Bonchev–Trinajstić information content (AvgIpc) is 2.72.